The Kier molecular flexibility index (Phi) is 2.65. The molecule has 2 fully saturated rings. The number of hydrogen-bond acceptors (Lipinski definition) is 3. The van der Waals surface area contributed by atoms with Crippen molar-refractivity contribution in [2.75, 3.05) is 18.6 Å². The number of carboxylic acid groups (broad SMARTS) is 1. The monoisotopic (exact) mass is 247 g/mol. The minimum atomic E-state index is -0.865. The Morgan fingerprint density at radius 2 is 2.28 bits per heavy atom. The van der Waals surface area contributed by atoms with Gasteiger partial charge in [-0.2, -0.15) is 0 Å². The Balaban J connectivity index is 2.00. The number of aromatic carboxylic acids is 1. The second kappa shape index (κ2) is 4.19. The highest BCUT2D eigenvalue weighted by molar-refractivity contribution is 5.95. The van der Waals surface area contributed by atoms with Gasteiger partial charge in [0, 0.05) is 18.7 Å². The van der Waals surface area contributed by atoms with Crippen molar-refractivity contribution in [1.29, 1.82) is 0 Å². The summed E-state index contributed by atoms with van der Waals surface area (Å²) in [5.74, 6) is 0.594. The SMILES string of the molecule is COc1ccc(C(=O)O)c(N2CC3CCC2C3)c1. The van der Waals surface area contributed by atoms with Crippen molar-refractivity contribution >= 4 is 11.7 Å². The Bertz CT molecular complexity index is 486. The number of hydrogen-bond donors (Lipinski definition) is 1. The van der Waals surface area contributed by atoms with Gasteiger partial charge in [-0.25, -0.2) is 4.79 Å². The first-order chi connectivity index (χ1) is 8.69. The highest BCUT2D eigenvalue weighted by Gasteiger charge is 2.39. The third-order valence-electron chi connectivity index (χ3n) is 4.15. The van der Waals surface area contributed by atoms with Crippen molar-refractivity contribution in [3.8, 4) is 5.75 Å². The van der Waals surface area contributed by atoms with Gasteiger partial charge in [-0.3, -0.25) is 0 Å². The average Bonchev–Trinajstić information content (AvgIpc) is 3.00. The molecule has 2 aliphatic rings. The summed E-state index contributed by atoms with van der Waals surface area (Å²) in [6, 6.07) is 5.72. The van der Waals surface area contributed by atoms with E-state index < -0.39 is 5.97 Å². The summed E-state index contributed by atoms with van der Waals surface area (Å²) in [6.45, 7) is 0.984. The molecular formula is C14H17NO3. The number of benzene rings is 1. The molecule has 0 radical (unpaired) electrons. The van der Waals surface area contributed by atoms with E-state index in [9.17, 15) is 9.90 Å². The summed E-state index contributed by atoms with van der Waals surface area (Å²) in [6.07, 6.45) is 3.67. The summed E-state index contributed by atoms with van der Waals surface area (Å²) in [4.78, 5) is 13.6. The molecule has 0 spiro atoms. The predicted octanol–water partition coefficient (Wildman–Crippen LogP) is 2.38. The van der Waals surface area contributed by atoms with Crippen LogP contribution in [0.15, 0.2) is 18.2 Å². The van der Waals surface area contributed by atoms with Gasteiger partial charge in [0.25, 0.3) is 0 Å². The zero-order valence-electron chi connectivity index (χ0n) is 10.4. The lowest BCUT2D eigenvalue weighted by atomic mass is 10.1. The molecule has 3 rings (SSSR count). The number of fused-ring (bicyclic) bond motifs is 2. The fourth-order valence-corrected chi connectivity index (χ4v) is 3.28. The zero-order chi connectivity index (χ0) is 12.7. The highest BCUT2D eigenvalue weighted by atomic mass is 16.5. The topological polar surface area (TPSA) is 49.8 Å². The van der Waals surface area contributed by atoms with E-state index in [0.29, 0.717) is 11.6 Å². The number of piperidine rings is 1. The van der Waals surface area contributed by atoms with Gasteiger partial charge >= 0.3 is 5.97 Å². The van der Waals surface area contributed by atoms with Crippen LogP contribution in [0.3, 0.4) is 0 Å². The first-order valence-corrected chi connectivity index (χ1v) is 6.37. The first-order valence-electron chi connectivity index (χ1n) is 6.37. The van der Waals surface area contributed by atoms with Gasteiger partial charge < -0.3 is 14.7 Å². The number of anilines is 1. The average molecular weight is 247 g/mol. The van der Waals surface area contributed by atoms with Crippen LogP contribution in [0, 0.1) is 5.92 Å². The summed E-state index contributed by atoms with van der Waals surface area (Å²) in [5, 5.41) is 9.29. The number of nitrogens with zero attached hydrogens (tertiary/aromatic N) is 1. The Morgan fingerprint density at radius 3 is 2.83 bits per heavy atom. The third-order valence-corrected chi connectivity index (χ3v) is 4.15. The molecule has 1 aliphatic carbocycles. The molecule has 2 atom stereocenters. The van der Waals surface area contributed by atoms with Gasteiger partial charge in [0.05, 0.1) is 18.4 Å². The van der Waals surface area contributed by atoms with Gasteiger partial charge in [0.1, 0.15) is 5.75 Å². The summed E-state index contributed by atoms with van der Waals surface area (Å²) < 4.78 is 5.21. The molecule has 1 aliphatic heterocycles. The second-order valence-corrected chi connectivity index (χ2v) is 5.17. The van der Waals surface area contributed by atoms with E-state index in [1.54, 1.807) is 19.2 Å². The first kappa shape index (κ1) is 11.4. The van der Waals surface area contributed by atoms with Gasteiger partial charge in [0.15, 0.2) is 0 Å². The van der Waals surface area contributed by atoms with Gasteiger partial charge in [-0.05, 0) is 37.3 Å². The van der Waals surface area contributed by atoms with E-state index in [1.165, 1.54) is 19.3 Å². The maximum absolute atomic E-state index is 11.3. The number of ether oxygens (including phenoxy) is 1. The highest BCUT2D eigenvalue weighted by Crippen LogP contribution is 2.42. The quantitative estimate of drug-likeness (QED) is 0.891. The van der Waals surface area contributed by atoms with E-state index in [2.05, 4.69) is 4.90 Å². The van der Waals surface area contributed by atoms with Crippen molar-refractivity contribution in [3.05, 3.63) is 23.8 Å². The maximum atomic E-state index is 11.3. The van der Waals surface area contributed by atoms with Crippen LogP contribution in [-0.4, -0.2) is 30.8 Å². The fourth-order valence-electron chi connectivity index (χ4n) is 3.28. The molecule has 1 saturated heterocycles. The lowest BCUT2D eigenvalue weighted by molar-refractivity contribution is 0.0697. The van der Waals surface area contributed by atoms with Crippen molar-refractivity contribution in [1.82, 2.24) is 0 Å². The Hall–Kier alpha value is -1.71. The second-order valence-electron chi connectivity index (χ2n) is 5.17. The van der Waals surface area contributed by atoms with Crippen molar-refractivity contribution in [2.45, 2.75) is 25.3 Å². The van der Waals surface area contributed by atoms with Crippen LogP contribution >= 0.6 is 0 Å². The van der Waals surface area contributed by atoms with E-state index in [0.717, 1.165) is 23.9 Å². The molecule has 96 valence electrons. The molecule has 1 aromatic carbocycles. The molecule has 2 unspecified atom stereocenters. The van der Waals surface area contributed by atoms with Crippen molar-refractivity contribution in [3.63, 3.8) is 0 Å². The van der Waals surface area contributed by atoms with Crippen LogP contribution < -0.4 is 9.64 Å². The van der Waals surface area contributed by atoms with Crippen LogP contribution in [0.2, 0.25) is 0 Å². The number of carbonyl (C=O) groups is 1. The predicted molar refractivity (Wildman–Crippen MR) is 68.4 cm³/mol. The van der Waals surface area contributed by atoms with Gasteiger partial charge in [-0.15, -0.1) is 0 Å². The van der Waals surface area contributed by atoms with Gasteiger partial charge in [-0.1, -0.05) is 0 Å². The Morgan fingerprint density at radius 1 is 1.44 bits per heavy atom. The number of carboxylic acids is 1. The molecule has 4 heteroatoms. The normalized spacial score (nSPS) is 25.5. The molecule has 4 nitrogen and oxygen atoms in total. The molecule has 1 N–H and O–H groups in total. The van der Waals surface area contributed by atoms with E-state index in [4.69, 9.17) is 4.74 Å². The van der Waals surface area contributed by atoms with Crippen LogP contribution in [0.5, 0.6) is 5.75 Å². The molecular weight excluding hydrogens is 230 g/mol. The summed E-state index contributed by atoms with van der Waals surface area (Å²) in [5.41, 5.74) is 1.19. The van der Waals surface area contributed by atoms with E-state index >= 15 is 0 Å². The van der Waals surface area contributed by atoms with E-state index in [1.807, 2.05) is 6.07 Å². The van der Waals surface area contributed by atoms with Crippen LogP contribution in [0.4, 0.5) is 5.69 Å². The molecule has 1 heterocycles. The summed E-state index contributed by atoms with van der Waals surface area (Å²) in [7, 11) is 1.61. The lowest BCUT2D eigenvalue weighted by Crippen LogP contribution is -2.33. The maximum Gasteiger partial charge on any atom is 0.337 e. The fraction of sp³-hybridized carbons (Fsp3) is 0.500. The molecule has 0 aromatic heterocycles. The van der Waals surface area contributed by atoms with Gasteiger partial charge in [0.2, 0.25) is 0 Å². The molecule has 2 bridgehead atoms. The smallest absolute Gasteiger partial charge is 0.337 e. The molecule has 1 saturated carbocycles. The molecule has 18 heavy (non-hydrogen) atoms. The van der Waals surface area contributed by atoms with Crippen LogP contribution in [-0.2, 0) is 0 Å². The van der Waals surface area contributed by atoms with Crippen LogP contribution in [0.1, 0.15) is 29.6 Å². The molecule has 0 amide bonds. The Labute approximate surface area is 106 Å². The summed E-state index contributed by atoms with van der Waals surface area (Å²) >= 11 is 0. The van der Waals surface area contributed by atoms with Crippen molar-refractivity contribution in [2.24, 2.45) is 5.92 Å². The minimum Gasteiger partial charge on any atom is -0.497 e. The largest absolute Gasteiger partial charge is 0.497 e. The standard InChI is InChI=1S/C14H17NO3/c1-18-11-4-5-12(14(16)17)13(7-11)15-8-9-2-3-10(15)6-9/h4-5,7,9-10H,2-3,6,8H2,1H3,(H,16,17). The lowest BCUT2D eigenvalue weighted by Gasteiger charge is -2.30. The van der Waals surface area contributed by atoms with Crippen molar-refractivity contribution < 1.29 is 14.6 Å². The zero-order valence-corrected chi connectivity index (χ0v) is 10.4. The van der Waals surface area contributed by atoms with Crippen LogP contribution in [0.25, 0.3) is 0 Å². The third kappa shape index (κ3) is 1.72. The molecule has 1 aromatic rings. The number of rotatable bonds is 3. The number of methoxy groups -OCH3 is 1. The minimum absolute atomic E-state index is 0.378. The van der Waals surface area contributed by atoms with E-state index in [-0.39, 0.29) is 0 Å².